The Bertz CT molecular complexity index is 647. The van der Waals surface area contributed by atoms with Crippen LogP contribution in [0.2, 0.25) is 0 Å². The van der Waals surface area contributed by atoms with Gasteiger partial charge in [0, 0.05) is 18.7 Å². The van der Waals surface area contributed by atoms with Gasteiger partial charge in [0.15, 0.2) is 5.82 Å². The normalized spacial score (nSPS) is 14.9. The van der Waals surface area contributed by atoms with Crippen molar-refractivity contribution in [1.29, 1.82) is 0 Å². The lowest BCUT2D eigenvalue weighted by molar-refractivity contribution is -0.129. The Morgan fingerprint density at radius 1 is 1.22 bits per heavy atom. The number of nitrogens with zero attached hydrogens (tertiary/aromatic N) is 3. The van der Waals surface area contributed by atoms with Gasteiger partial charge >= 0.3 is 0 Å². The number of carbonyl (C=O) groups excluding carboxylic acids is 1. The molecule has 0 aliphatic carbocycles. The molecule has 0 atom stereocenters. The number of likely N-dealkylation sites (tertiary alicyclic amines) is 1. The Kier molecular flexibility index (Phi) is 5.33. The van der Waals surface area contributed by atoms with Crippen LogP contribution in [0.25, 0.3) is 11.4 Å². The van der Waals surface area contributed by atoms with Crippen molar-refractivity contribution < 1.29 is 4.79 Å². The van der Waals surface area contributed by atoms with Gasteiger partial charge in [-0.05, 0) is 31.2 Å². The number of rotatable bonds is 5. The van der Waals surface area contributed by atoms with Crippen LogP contribution in [0.5, 0.6) is 0 Å². The molecule has 0 unspecified atom stereocenters. The number of carbonyl (C=O) groups is 1. The number of benzene rings is 1. The van der Waals surface area contributed by atoms with E-state index >= 15 is 0 Å². The van der Waals surface area contributed by atoms with E-state index in [1.165, 1.54) is 23.7 Å². The summed E-state index contributed by atoms with van der Waals surface area (Å²) in [5.41, 5.74) is 2.32. The van der Waals surface area contributed by atoms with Crippen LogP contribution in [0.4, 0.5) is 0 Å². The highest BCUT2D eigenvalue weighted by Crippen LogP contribution is 2.20. The van der Waals surface area contributed by atoms with Crippen LogP contribution in [0.15, 0.2) is 29.4 Å². The molecule has 0 saturated carbocycles. The van der Waals surface area contributed by atoms with Gasteiger partial charge in [0.05, 0.1) is 5.75 Å². The molecule has 3 rings (SSSR count). The Morgan fingerprint density at radius 2 is 1.96 bits per heavy atom. The minimum atomic E-state index is 0.188. The summed E-state index contributed by atoms with van der Waals surface area (Å²) >= 11 is 1.40. The molecule has 6 heteroatoms. The zero-order valence-electron chi connectivity index (χ0n) is 13.4. The standard InChI is InChI=1S/C17H22N4OS/c1-2-13-6-8-14(9-7-13)16-18-17(20-19-16)23-12-15(22)21-10-4-3-5-11-21/h6-9H,2-5,10-12H2,1H3,(H,18,19,20). The summed E-state index contributed by atoms with van der Waals surface area (Å²) < 4.78 is 0. The van der Waals surface area contributed by atoms with Crippen LogP contribution in [0.3, 0.4) is 0 Å². The molecular weight excluding hydrogens is 308 g/mol. The van der Waals surface area contributed by atoms with Crippen molar-refractivity contribution >= 4 is 17.7 Å². The van der Waals surface area contributed by atoms with Crippen molar-refractivity contribution in [3.8, 4) is 11.4 Å². The Morgan fingerprint density at radius 3 is 2.65 bits per heavy atom. The Balaban J connectivity index is 1.57. The molecule has 1 N–H and O–H groups in total. The lowest BCUT2D eigenvalue weighted by Gasteiger charge is -2.26. The third-order valence-electron chi connectivity index (χ3n) is 4.13. The van der Waals surface area contributed by atoms with Gasteiger partial charge in [0.1, 0.15) is 0 Å². The monoisotopic (exact) mass is 330 g/mol. The van der Waals surface area contributed by atoms with Crippen LogP contribution in [-0.4, -0.2) is 44.8 Å². The summed E-state index contributed by atoms with van der Waals surface area (Å²) in [5.74, 6) is 1.35. The van der Waals surface area contributed by atoms with E-state index in [1.54, 1.807) is 0 Å². The van der Waals surface area contributed by atoms with Crippen molar-refractivity contribution in [3.05, 3.63) is 29.8 Å². The molecule has 2 aromatic rings. The minimum Gasteiger partial charge on any atom is -0.342 e. The molecule has 1 saturated heterocycles. The second-order valence-electron chi connectivity index (χ2n) is 5.75. The summed E-state index contributed by atoms with van der Waals surface area (Å²) in [6.45, 7) is 3.92. The van der Waals surface area contributed by atoms with Gasteiger partial charge in [-0.1, -0.05) is 43.0 Å². The fourth-order valence-corrected chi connectivity index (χ4v) is 3.40. The summed E-state index contributed by atoms with van der Waals surface area (Å²) in [7, 11) is 0. The summed E-state index contributed by atoms with van der Waals surface area (Å²) in [6, 6.07) is 8.30. The van der Waals surface area contributed by atoms with E-state index < -0.39 is 0 Å². The number of hydrogen-bond acceptors (Lipinski definition) is 4. The fraction of sp³-hybridized carbons (Fsp3) is 0.471. The third-order valence-corrected chi connectivity index (χ3v) is 4.97. The summed E-state index contributed by atoms with van der Waals surface area (Å²) in [4.78, 5) is 18.6. The van der Waals surface area contributed by atoms with Crippen molar-refractivity contribution in [1.82, 2.24) is 20.1 Å². The number of thioether (sulfide) groups is 1. The Hall–Kier alpha value is -1.82. The lowest BCUT2D eigenvalue weighted by atomic mass is 10.1. The van der Waals surface area contributed by atoms with Gasteiger partial charge in [-0.25, -0.2) is 4.98 Å². The molecule has 1 aromatic carbocycles. The minimum absolute atomic E-state index is 0.188. The number of H-pyrrole nitrogens is 1. The topological polar surface area (TPSA) is 61.9 Å². The maximum atomic E-state index is 12.2. The first-order valence-corrected chi connectivity index (χ1v) is 9.17. The van der Waals surface area contributed by atoms with Gasteiger partial charge < -0.3 is 4.90 Å². The molecule has 23 heavy (non-hydrogen) atoms. The first-order valence-electron chi connectivity index (χ1n) is 8.18. The summed E-state index contributed by atoms with van der Waals surface area (Å²) in [5, 5.41) is 7.79. The average Bonchev–Trinajstić information content (AvgIpc) is 3.09. The number of hydrogen-bond donors (Lipinski definition) is 1. The lowest BCUT2D eigenvalue weighted by Crippen LogP contribution is -2.36. The highest BCUT2D eigenvalue weighted by molar-refractivity contribution is 7.99. The molecule has 1 amide bonds. The quantitative estimate of drug-likeness (QED) is 0.856. The molecule has 0 bridgehead atoms. The van der Waals surface area contributed by atoms with Crippen LogP contribution in [-0.2, 0) is 11.2 Å². The Labute approximate surface area is 140 Å². The number of aromatic nitrogens is 3. The first-order chi connectivity index (χ1) is 11.3. The number of aromatic amines is 1. The zero-order chi connectivity index (χ0) is 16.1. The van der Waals surface area contributed by atoms with Crippen molar-refractivity contribution in [3.63, 3.8) is 0 Å². The van der Waals surface area contributed by atoms with Gasteiger partial charge in [0.2, 0.25) is 11.1 Å². The van der Waals surface area contributed by atoms with E-state index in [0.717, 1.165) is 43.7 Å². The van der Waals surface area contributed by atoms with Gasteiger partial charge in [-0.3, -0.25) is 9.89 Å². The van der Waals surface area contributed by atoms with Crippen LogP contribution in [0.1, 0.15) is 31.7 Å². The van der Waals surface area contributed by atoms with Crippen molar-refractivity contribution in [2.75, 3.05) is 18.8 Å². The van der Waals surface area contributed by atoms with Crippen LogP contribution >= 0.6 is 11.8 Å². The average molecular weight is 330 g/mol. The van der Waals surface area contributed by atoms with Gasteiger partial charge in [-0.2, -0.15) is 0 Å². The van der Waals surface area contributed by atoms with E-state index in [0.29, 0.717) is 10.9 Å². The maximum absolute atomic E-state index is 12.2. The highest BCUT2D eigenvalue weighted by atomic mass is 32.2. The van der Waals surface area contributed by atoms with Crippen molar-refractivity contribution in [2.24, 2.45) is 0 Å². The number of aryl methyl sites for hydroxylation is 1. The molecule has 1 aromatic heterocycles. The first kappa shape index (κ1) is 16.1. The molecule has 1 aliphatic heterocycles. The van der Waals surface area contributed by atoms with E-state index in [4.69, 9.17) is 0 Å². The molecule has 0 radical (unpaired) electrons. The predicted molar refractivity (Wildman–Crippen MR) is 92.4 cm³/mol. The maximum Gasteiger partial charge on any atom is 0.233 e. The molecule has 5 nitrogen and oxygen atoms in total. The number of piperidine rings is 1. The van der Waals surface area contributed by atoms with E-state index in [2.05, 4.69) is 34.2 Å². The second-order valence-corrected chi connectivity index (χ2v) is 6.69. The van der Waals surface area contributed by atoms with Crippen LogP contribution in [0, 0.1) is 0 Å². The van der Waals surface area contributed by atoms with Gasteiger partial charge in [0.25, 0.3) is 0 Å². The van der Waals surface area contributed by atoms with E-state index in [1.807, 2.05) is 17.0 Å². The molecule has 1 fully saturated rings. The highest BCUT2D eigenvalue weighted by Gasteiger charge is 2.17. The van der Waals surface area contributed by atoms with Crippen molar-refractivity contribution in [2.45, 2.75) is 37.8 Å². The molecule has 122 valence electrons. The number of nitrogens with one attached hydrogen (secondary N) is 1. The largest absolute Gasteiger partial charge is 0.342 e. The van der Waals surface area contributed by atoms with E-state index in [-0.39, 0.29) is 5.91 Å². The molecule has 0 spiro atoms. The zero-order valence-corrected chi connectivity index (χ0v) is 14.2. The van der Waals surface area contributed by atoms with Crippen LogP contribution < -0.4 is 0 Å². The molecular formula is C17H22N4OS. The number of amides is 1. The molecule has 1 aliphatic rings. The molecule has 2 heterocycles. The smallest absolute Gasteiger partial charge is 0.233 e. The SMILES string of the molecule is CCc1ccc(-c2nc(SCC(=O)N3CCCCC3)n[nH]2)cc1. The second kappa shape index (κ2) is 7.64. The van der Waals surface area contributed by atoms with Gasteiger partial charge in [-0.15, -0.1) is 5.10 Å². The fourth-order valence-electron chi connectivity index (χ4n) is 2.70. The third kappa shape index (κ3) is 4.13. The van der Waals surface area contributed by atoms with E-state index in [9.17, 15) is 4.79 Å². The predicted octanol–water partition coefficient (Wildman–Crippen LogP) is 3.14. The summed E-state index contributed by atoms with van der Waals surface area (Å²) in [6.07, 6.45) is 4.50.